The van der Waals surface area contributed by atoms with E-state index in [4.69, 9.17) is 10.5 Å². The number of amides is 1. The van der Waals surface area contributed by atoms with Crippen LogP contribution in [-0.4, -0.2) is 19.1 Å². The lowest BCUT2D eigenvalue weighted by Crippen LogP contribution is -2.37. The number of hydrogen-bond acceptors (Lipinski definition) is 3. The van der Waals surface area contributed by atoms with Crippen molar-refractivity contribution in [1.82, 2.24) is 0 Å². The number of hydrogen-bond donors (Lipinski definition) is 2. The molecule has 0 bridgehead atoms. The summed E-state index contributed by atoms with van der Waals surface area (Å²) in [5.41, 5.74) is 6.86. The number of nitrogens with one attached hydrogen (secondary N) is 1. The zero-order chi connectivity index (χ0) is 14.5. The molecule has 110 valence electrons. The summed E-state index contributed by atoms with van der Waals surface area (Å²) in [6.45, 7) is 0. The number of carbonyl (C=O) groups is 1. The van der Waals surface area contributed by atoms with E-state index in [1.165, 1.54) is 6.42 Å². The molecule has 0 radical (unpaired) electrons. The molecule has 1 aliphatic carbocycles. The number of carbonyl (C=O) groups excluding carboxylic acids is 1. The molecule has 2 atom stereocenters. The Morgan fingerprint density at radius 1 is 1.35 bits per heavy atom. The molecule has 1 aromatic rings. The highest BCUT2D eigenvalue weighted by atomic mass is 79.9. The topological polar surface area (TPSA) is 64.3 Å². The van der Waals surface area contributed by atoms with Crippen LogP contribution in [0.1, 0.15) is 32.1 Å². The van der Waals surface area contributed by atoms with E-state index in [0.29, 0.717) is 5.75 Å². The van der Waals surface area contributed by atoms with E-state index in [-0.39, 0.29) is 17.9 Å². The monoisotopic (exact) mass is 340 g/mol. The molecule has 0 aromatic heterocycles. The molecule has 1 saturated carbocycles. The second-order valence-corrected chi connectivity index (χ2v) is 6.10. The lowest BCUT2D eigenvalue weighted by Gasteiger charge is -2.21. The number of anilines is 1. The van der Waals surface area contributed by atoms with Gasteiger partial charge < -0.3 is 15.8 Å². The predicted octanol–water partition coefficient (Wildman–Crippen LogP) is 3.30. The van der Waals surface area contributed by atoms with Crippen molar-refractivity contribution in [3.63, 3.8) is 0 Å². The molecule has 1 fully saturated rings. The minimum atomic E-state index is -0.101. The highest BCUT2D eigenvalue weighted by Gasteiger charge is 2.27. The van der Waals surface area contributed by atoms with Crippen LogP contribution in [0.4, 0.5) is 5.69 Å². The molecule has 0 heterocycles. The van der Waals surface area contributed by atoms with Gasteiger partial charge in [0.1, 0.15) is 5.75 Å². The Labute approximate surface area is 128 Å². The second kappa shape index (κ2) is 7.09. The van der Waals surface area contributed by atoms with Crippen molar-refractivity contribution in [1.29, 1.82) is 0 Å². The van der Waals surface area contributed by atoms with Crippen molar-refractivity contribution in [3.05, 3.63) is 22.7 Å². The van der Waals surface area contributed by atoms with Crippen LogP contribution in [0.3, 0.4) is 0 Å². The lowest BCUT2D eigenvalue weighted by atomic mass is 9.94. The van der Waals surface area contributed by atoms with E-state index >= 15 is 0 Å². The molecular formula is C15H21BrN2O2. The summed E-state index contributed by atoms with van der Waals surface area (Å²) in [6, 6.07) is 5.48. The van der Waals surface area contributed by atoms with Crippen molar-refractivity contribution in [2.24, 2.45) is 11.7 Å². The van der Waals surface area contributed by atoms with E-state index in [9.17, 15) is 4.79 Å². The van der Waals surface area contributed by atoms with Gasteiger partial charge in [-0.25, -0.2) is 0 Å². The van der Waals surface area contributed by atoms with Crippen LogP contribution in [0.2, 0.25) is 0 Å². The largest absolute Gasteiger partial charge is 0.497 e. The highest BCUT2D eigenvalue weighted by Crippen LogP contribution is 2.29. The van der Waals surface area contributed by atoms with Crippen LogP contribution in [-0.2, 0) is 4.79 Å². The Hall–Kier alpha value is -1.07. The number of ether oxygens (including phenoxy) is 1. The fourth-order valence-electron chi connectivity index (χ4n) is 2.61. The summed E-state index contributed by atoms with van der Waals surface area (Å²) in [5.74, 6) is 0.623. The normalized spacial score (nSPS) is 22.9. The first kappa shape index (κ1) is 15.3. The zero-order valence-corrected chi connectivity index (χ0v) is 13.3. The molecule has 1 aromatic carbocycles. The van der Waals surface area contributed by atoms with Gasteiger partial charge in [-0.1, -0.05) is 19.3 Å². The van der Waals surface area contributed by atoms with Crippen molar-refractivity contribution in [3.8, 4) is 5.75 Å². The van der Waals surface area contributed by atoms with Gasteiger partial charge in [0.25, 0.3) is 0 Å². The number of rotatable bonds is 3. The Balaban J connectivity index is 2.10. The Morgan fingerprint density at radius 2 is 2.10 bits per heavy atom. The summed E-state index contributed by atoms with van der Waals surface area (Å²) in [7, 11) is 1.61. The first-order chi connectivity index (χ1) is 9.61. The minimum absolute atomic E-state index is 0.00773. The van der Waals surface area contributed by atoms with E-state index < -0.39 is 0 Å². The van der Waals surface area contributed by atoms with Crippen LogP contribution in [0.5, 0.6) is 5.75 Å². The van der Waals surface area contributed by atoms with Gasteiger partial charge in [-0.2, -0.15) is 0 Å². The van der Waals surface area contributed by atoms with Gasteiger partial charge in [0, 0.05) is 16.6 Å². The molecule has 1 amide bonds. The third kappa shape index (κ3) is 3.73. The Kier molecular flexibility index (Phi) is 5.43. The molecule has 0 saturated heterocycles. The summed E-state index contributed by atoms with van der Waals surface area (Å²) in [4.78, 5) is 12.4. The van der Waals surface area contributed by atoms with Crippen molar-refractivity contribution in [2.45, 2.75) is 38.1 Å². The van der Waals surface area contributed by atoms with E-state index in [0.717, 1.165) is 35.8 Å². The SMILES string of the molecule is COc1ccc(Br)c(NC(=O)C2CCCCCC2N)c1. The molecule has 5 heteroatoms. The average molecular weight is 341 g/mol. The summed E-state index contributed by atoms with van der Waals surface area (Å²) in [5, 5.41) is 2.97. The number of methoxy groups -OCH3 is 1. The lowest BCUT2D eigenvalue weighted by molar-refractivity contribution is -0.120. The smallest absolute Gasteiger partial charge is 0.229 e. The zero-order valence-electron chi connectivity index (χ0n) is 11.7. The van der Waals surface area contributed by atoms with Crippen molar-refractivity contribution < 1.29 is 9.53 Å². The van der Waals surface area contributed by atoms with Crippen LogP contribution in [0, 0.1) is 5.92 Å². The first-order valence-electron chi connectivity index (χ1n) is 7.02. The third-order valence-corrected chi connectivity index (χ3v) is 4.53. The molecule has 1 aliphatic rings. The fraction of sp³-hybridized carbons (Fsp3) is 0.533. The maximum atomic E-state index is 12.4. The van der Waals surface area contributed by atoms with Crippen LogP contribution in [0.15, 0.2) is 22.7 Å². The van der Waals surface area contributed by atoms with Crippen molar-refractivity contribution >= 4 is 27.5 Å². The Bertz CT molecular complexity index is 479. The third-order valence-electron chi connectivity index (χ3n) is 3.84. The van der Waals surface area contributed by atoms with Gasteiger partial charge in [0.15, 0.2) is 0 Å². The molecule has 4 nitrogen and oxygen atoms in total. The predicted molar refractivity (Wildman–Crippen MR) is 83.9 cm³/mol. The number of nitrogens with two attached hydrogens (primary N) is 1. The molecule has 2 unspecified atom stereocenters. The fourth-order valence-corrected chi connectivity index (χ4v) is 2.96. The van der Waals surface area contributed by atoms with Gasteiger partial charge in [0.05, 0.1) is 18.7 Å². The molecule has 0 aliphatic heterocycles. The van der Waals surface area contributed by atoms with E-state index in [2.05, 4.69) is 21.2 Å². The molecule has 3 N–H and O–H groups in total. The number of halogens is 1. The van der Waals surface area contributed by atoms with Crippen LogP contribution in [0.25, 0.3) is 0 Å². The number of benzene rings is 1. The maximum Gasteiger partial charge on any atom is 0.229 e. The van der Waals surface area contributed by atoms with Gasteiger partial charge in [-0.3, -0.25) is 4.79 Å². The first-order valence-corrected chi connectivity index (χ1v) is 7.81. The molecule has 2 rings (SSSR count). The van der Waals surface area contributed by atoms with Crippen LogP contribution >= 0.6 is 15.9 Å². The van der Waals surface area contributed by atoms with Crippen LogP contribution < -0.4 is 15.8 Å². The van der Waals surface area contributed by atoms with Gasteiger partial charge in [0.2, 0.25) is 5.91 Å². The molecular weight excluding hydrogens is 320 g/mol. The highest BCUT2D eigenvalue weighted by molar-refractivity contribution is 9.10. The quantitative estimate of drug-likeness (QED) is 0.829. The maximum absolute atomic E-state index is 12.4. The summed E-state index contributed by atoms with van der Waals surface area (Å²) in [6.07, 6.45) is 5.16. The van der Waals surface area contributed by atoms with E-state index in [1.54, 1.807) is 7.11 Å². The van der Waals surface area contributed by atoms with Gasteiger partial charge >= 0.3 is 0 Å². The van der Waals surface area contributed by atoms with Gasteiger partial charge in [-0.15, -0.1) is 0 Å². The molecule has 0 spiro atoms. The average Bonchev–Trinajstić information content (AvgIpc) is 2.66. The van der Waals surface area contributed by atoms with Crippen molar-refractivity contribution in [2.75, 3.05) is 12.4 Å². The summed E-state index contributed by atoms with van der Waals surface area (Å²) >= 11 is 3.44. The second-order valence-electron chi connectivity index (χ2n) is 5.24. The van der Waals surface area contributed by atoms with E-state index in [1.807, 2.05) is 18.2 Å². The van der Waals surface area contributed by atoms with Gasteiger partial charge in [-0.05, 0) is 40.9 Å². The minimum Gasteiger partial charge on any atom is -0.497 e. The Morgan fingerprint density at radius 3 is 2.85 bits per heavy atom. The standard InChI is InChI=1S/C15H21BrN2O2/c1-20-10-7-8-12(16)14(9-10)18-15(19)11-5-3-2-4-6-13(11)17/h7-9,11,13H,2-6,17H2,1H3,(H,18,19). The molecule has 20 heavy (non-hydrogen) atoms. The summed E-state index contributed by atoms with van der Waals surface area (Å²) < 4.78 is 6.02.